The van der Waals surface area contributed by atoms with Crippen LogP contribution >= 0.6 is 0 Å². The molecule has 0 saturated carbocycles. The van der Waals surface area contributed by atoms with Crippen molar-refractivity contribution in [1.29, 1.82) is 0 Å². The third-order valence-electron chi connectivity index (χ3n) is 1.20. The largest absolute Gasteiger partial charge is 0.250 e. The van der Waals surface area contributed by atoms with Gasteiger partial charge in [0.1, 0.15) is 5.69 Å². The molecule has 50 valence electrons. The highest BCUT2D eigenvalue weighted by Gasteiger charge is 2.12. The summed E-state index contributed by atoms with van der Waals surface area (Å²) in [4.78, 5) is 0.648. The van der Waals surface area contributed by atoms with Crippen molar-refractivity contribution in [2.24, 2.45) is 0 Å². The van der Waals surface area contributed by atoms with Gasteiger partial charge in [0.05, 0.1) is 21.9 Å². The monoisotopic (exact) mass is 153 g/mol. The molecule has 1 aromatic rings. The van der Waals surface area contributed by atoms with Crippen molar-refractivity contribution >= 4 is 16.9 Å². The van der Waals surface area contributed by atoms with Crippen LogP contribution in [0.2, 0.25) is 0 Å². The Morgan fingerprint density at radius 2 is 2.40 bits per heavy atom. The lowest BCUT2D eigenvalue weighted by molar-refractivity contribution is 0.686. The van der Waals surface area contributed by atoms with Crippen LogP contribution in [0, 0.1) is 0 Å². The van der Waals surface area contributed by atoms with Gasteiger partial charge in [0.25, 0.3) is 0 Å². The zero-order valence-corrected chi connectivity index (χ0v) is 5.71. The predicted octanol–water partition coefficient (Wildman–Crippen LogP) is -0.0365. The van der Waals surface area contributed by atoms with Gasteiger partial charge < -0.3 is 0 Å². The second-order valence-corrected chi connectivity index (χ2v) is 3.09. The minimum Gasteiger partial charge on any atom is -0.250 e. The van der Waals surface area contributed by atoms with Crippen LogP contribution < -0.4 is 0 Å². The number of rotatable bonds is 0. The predicted molar refractivity (Wildman–Crippen MR) is 35.3 cm³/mol. The van der Waals surface area contributed by atoms with Gasteiger partial charge in [-0.15, -0.1) is 10.2 Å². The molecule has 10 heavy (non-hydrogen) atoms. The van der Waals surface area contributed by atoms with Gasteiger partial charge in [0.2, 0.25) is 0 Å². The van der Waals surface area contributed by atoms with Crippen LogP contribution in [0.1, 0.15) is 5.69 Å². The van der Waals surface area contributed by atoms with Crippen molar-refractivity contribution in [1.82, 2.24) is 15.4 Å². The van der Waals surface area contributed by atoms with Crippen LogP contribution in [0.15, 0.2) is 16.5 Å². The molecule has 0 spiro atoms. The van der Waals surface area contributed by atoms with Gasteiger partial charge in [-0.3, -0.25) is 0 Å². The van der Waals surface area contributed by atoms with Crippen LogP contribution in [-0.2, 0) is 10.8 Å². The molecule has 1 aliphatic rings. The Morgan fingerprint density at radius 3 is 3.20 bits per heavy atom. The second kappa shape index (κ2) is 1.95. The van der Waals surface area contributed by atoms with E-state index in [0.29, 0.717) is 10.6 Å². The maximum atomic E-state index is 11.0. The normalized spacial score (nSPS) is 21.0. The van der Waals surface area contributed by atoms with E-state index in [2.05, 4.69) is 15.4 Å². The minimum absolute atomic E-state index is 0.648. The van der Waals surface area contributed by atoms with Gasteiger partial charge in [0, 0.05) is 5.41 Å². The number of fused-ring (bicyclic) bond motifs is 1. The molecule has 1 unspecified atom stereocenters. The molecule has 0 amide bonds. The van der Waals surface area contributed by atoms with Gasteiger partial charge in [0.15, 0.2) is 0 Å². The van der Waals surface area contributed by atoms with Crippen molar-refractivity contribution in [3.05, 3.63) is 17.3 Å². The first-order chi connectivity index (χ1) is 4.88. The Kier molecular flexibility index (Phi) is 1.10. The first-order valence-corrected chi connectivity index (χ1v) is 3.86. The molecule has 5 heteroatoms. The number of hydrogen-bond donors (Lipinski definition) is 0. The topological polar surface area (TPSA) is 55.7 Å². The average molecular weight is 153 g/mol. The van der Waals surface area contributed by atoms with Crippen molar-refractivity contribution < 1.29 is 4.21 Å². The summed E-state index contributed by atoms with van der Waals surface area (Å²) in [6, 6.07) is 0. The molecule has 1 aromatic heterocycles. The molecule has 4 nitrogen and oxygen atoms in total. The summed E-state index contributed by atoms with van der Waals surface area (Å²) >= 11 is 0. The average Bonchev–Trinajstić information content (AvgIpc) is 2.34. The third-order valence-corrected chi connectivity index (χ3v) is 2.33. The van der Waals surface area contributed by atoms with E-state index in [9.17, 15) is 4.21 Å². The second-order valence-electron chi connectivity index (χ2n) is 1.78. The van der Waals surface area contributed by atoms with E-state index >= 15 is 0 Å². The summed E-state index contributed by atoms with van der Waals surface area (Å²) in [6.45, 7) is 0. The fraction of sp³-hybridized carbons (Fsp3) is 0. The fourth-order valence-electron chi connectivity index (χ4n) is 0.738. The molecule has 0 fully saturated rings. The van der Waals surface area contributed by atoms with E-state index in [-0.39, 0.29) is 0 Å². The first kappa shape index (κ1) is 5.67. The first-order valence-electron chi connectivity index (χ1n) is 2.65. The maximum absolute atomic E-state index is 11.0. The summed E-state index contributed by atoms with van der Waals surface area (Å²) in [7, 11) is -1.04. The molecule has 2 heterocycles. The lowest BCUT2D eigenvalue weighted by atomic mass is 10.4. The van der Waals surface area contributed by atoms with Gasteiger partial charge in [-0.05, 0) is 11.3 Å². The van der Waals surface area contributed by atoms with E-state index < -0.39 is 10.8 Å². The van der Waals surface area contributed by atoms with E-state index in [1.54, 1.807) is 11.5 Å². The standard InChI is InChI=1S/C5H3N3OS/c9-10-2-1-4-5(10)3-6-8-7-4/h1-3H. The van der Waals surface area contributed by atoms with Crippen LogP contribution in [0.3, 0.4) is 0 Å². The molecule has 1 aliphatic heterocycles. The van der Waals surface area contributed by atoms with E-state index in [4.69, 9.17) is 0 Å². The lowest BCUT2D eigenvalue weighted by Crippen LogP contribution is -1.93. The maximum Gasteiger partial charge on any atom is 0.106 e. The van der Waals surface area contributed by atoms with Crippen molar-refractivity contribution in [2.45, 2.75) is 4.90 Å². The van der Waals surface area contributed by atoms with E-state index in [1.807, 2.05) is 0 Å². The Labute approximate surface area is 59.4 Å². The summed E-state index contributed by atoms with van der Waals surface area (Å²) in [5.74, 6) is 0. The van der Waals surface area contributed by atoms with E-state index in [0.717, 1.165) is 0 Å². The van der Waals surface area contributed by atoms with Crippen LogP contribution in [0.5, 0.6) is 0 Å². The van der Waals surface area contributed by atoms with Crippen LogP contribution in [0.4, 0.5) is 0 Å². The zero-order chi connectivity index (χ0) is 6.97. The van der Waals surface area contributed by atoms with Gasteiger partial charge >= 0.3 is 0 Å². The molecule has 0 radical (unpaired) electrons. The Hall–Kier alpha value is -1.10. The number of nitrogens with zero attached hydrogens (tertiary/aromatic N) is 3. The summed E-state index contributed by atoms with van der Waals surface area (Å²) in [6.07, 6.45) is 3.15. The molecular weight excluding hydrogens is 150 g/mol. The number of aromatic nitrogens is 3. The SMILES string of the molecule is O=S1C=Cc2nnncc21. The molecule has 1 atom stereocenters. The van der Waals surface area contributed by atoms with Gasteiger partial charge in [-0.2, -0.15) is 0 Å². The minimum atomic E-state index is -1.04. The third kappa shape index (κ3) is 0.672. The van der Waals surface area contributed by atoms with Crippen molar-refractivity contribution in [3.8, 4) is 0 Å². The summed E-state index contributed by atoms with van der Waals surface area (Å²) in [5.41, 5.74) is 0.660. The smallest absolute Gasteiger partial charge is 0.106 e. The molecule has 2 rings (SSSR count). The lowest BCUT2D eigenvalue weighted by Gasteiger charge is -1.89. The highest BCUT2D eigenvalue weighted by Crippen LogP contribution is 2.18. The summed E-state index contributed by atoms with van der Waals surface area (Å²) < 4.78 is 11.0. The molecule has 0 aromatic carbocycles. The highest BCUT2D eigenvalue weighted by atomic mass is 32.2. The van der Waals surface area contributed by atoms with E-state index in [1.165, 1.54) is 6.20 Å². The van der Waals surface area contributed by atoms with Gasteiger partial charge in [-0.25, -0.2) is 4.21 Å². The van der Waals surface area contributed by atoms with Gasteiger partial charge in [-0.1, -0.05) is 0 Å². The molecule has 0 bridgehead atoms. The Morgan fingerprint density at radius 1 is 1.50 bits per heavy atom. The fourth-order valence-corrected chi connectivity index (χ4v) is 1.60. The number of hydrogen-bond acceptors (Lipinski definition) is 4. The van der Waals surface area contributed by atoms with Crippen molar-refractivity contribution in [2.75, 3.05) is 0 Å². The highest BCUT2D eigenvalue weighted by molar-refractivity contribution is 7.88. The van der Waals surface area contributed by atoms with Crippen LogP contribution in [-0.4, -0.2) is 19.6 Å². The molecule has 0 saturated heterocycles. The quantitative estimate of drug-likeness (QED) is 0.525. The van der Waals surface area contributed by atoms with Crippen LogP contribution in [0.25, 0.3) is 6.08 Å². The molecule has 0 aliphatic carbocycles. The molecular formula is C5H3N3OS. The summed E-state index contributed by atoms with van der Waals surface area (Å²) in [5, 5.41) is 12.2. The van der Waals surface area contributed by atoms with Crippen molar-refractivity contribution in [3.63, 3.8) is 0 Å². The Bertz CT molecular complexity index is 322. The Balaban J connectivity index is 2.70. The molecule has 0 N–H and O–H groups in total. The zero-order valence-electron chi connectivity index (χ0n) is 4.89.